The second-order valence-electron chi connectivity index (χ2n) is 9.57. The van der Waals surface area contributed by atoms with E-state index in [0.717, 1.165) is 28.1 Å². The van der Waals surface area contributed by atoms with Gasteiger partial charge in [0.05, 0.1) is 19.1 Å². The van der Waals surface area contributed by atoms with Gasteiger partial charge in [-0.25, -0.2) is 8.42 Å². The highest BCUT2D eigenvalue weighted by atomic mass is 35.5. The fourth-order valence-electron chi connectivity index (χ4n) is 4.38. The van der Waals surface area contributed by atoms with Gasteiger partial charge >= 0.3 is 0 Å². The molecule has 0 radical (unpaired) electrons. The minimum atomic E-state index is -3.86. The number of anilines is 1. The Balaban J connectivity index is 2.07. The quantitative estimate of drug-likeness (QED) is 0.317. The van der Waals surface area contributed by atoms with Crippen molar-refractivity contribution in [2.45, 2.75) is 39.3 Å². The Bertz CT molecular complexity index is 1420. The van der Waals surface area contributed by atoms with Crippen LogP contribution in [0.15, 0.2) is 72.8 Å². The predicted molar refractivity (Wildman–Crippen MR) is 159 cm³/mol. The number of sulfonamides is 1. The van der Waals surface area contributed by atoms with Crippen molar-refractivity contribution in [3.8, 4) is 5.75 Å². The van der Waals surface area contributed by atoms with Gasteiger partial charge in [0.15, 0.2) is 0 Å². The summed E-state index contributed by atoms with van der Waals surface area (Å²) in [5, 5.41) is 3.38. The van der Waals surface area contributed by atoms with E-state index in [0.29, 0.717) is 28.6 Å². The average molecular weight is 586 g/mol. The Labute approximate surface area is 241 Å². The third-order valence-electron chi connectivity index (χ3n) is 6.41. The monoisotopic (exact) mass is 585 g/mol. The minimum Gasteiger partial charge on any atom is -0.497 e. The number of methoxy groups -OCH3 is 1. The van der Waals surface area contributed by atoms with Crippen LogP contribution in [-0.4, -0.2) is 57.6 Å². The van der Waals surface area contributed by atoms with Crippen molar-refractivity contribution in [1.82, 2.24) is 10.2 Å². The fraction of sp³-hybridized carbons (Fsp3) is 0.333. The molecule has 0 spiro atoms. The molecule has 0 saturated carbocycles. The van der Waals surface area contributed by atoms with Crippen LogP contribution in [0.5, 0.6) is 5.75 Å². The van der Waals surface area contributed by atoms with E-state index in [4.69, 9.17) is 16.3 Å². The summed E-state index contributed by atoms with van der Waals surface area (Å²) in [6.07, 6.45) is 2.03. The lowest BCUT2D eigenvalue weighted by Crippen LogP contribution is -2.53. The Hall–Kier alpha value is -3.56. The van der Waals surface area contributed by atoms with Crippen molar-refractivity contribution in [3.63, 3.8) is 0 Å². The Morgan fingerprint density at radius 2 is 1.70 bits per heavy atom. The topological polar surface area (TPSA) is 96.0 Å². The fourth-order valence-corrected chi connectivity index (χ4v) is 5.51. The number of aryl methyl sites for hydroxylation is 1. The van der Waals surface area contributed by atoms with Crippen molar-refractivity contribution in [3.05, 3.63) is 94.5 Å². The molecule has 214 valence electrons. The van der Waals surface area contributed by atoms with Crippen molar-refractivity contribution in [2.24, 2.45) is 0 Å². The molecule has 0 aliphatic carbocycles. The van der Waals surface area contributed by atoms with E-state index in [1.54, 1.807) is 50.4 Å². The lowest BCUT2D eigenvalue weighted by atomic mass is 10.0. The molecule has 0 aliphatic heterocycles. The molecular formula is C30H36ClN3O5S. The van der Waals surface area contributed by atoms with Crippen LogP contribution in [0.1, 0.15) is 30.0 Å². The second kappa shape index (κ2) is 14.2. The van der Waals surface area contributed by atoms with Gasteiger partial charge in [-0.05, 0) is 60.4 Å². The van der Waals surface area contributed by atoms with E-state index < -0.39 is 28.5 Å². The first-order chi connectivity index (χ1) is 19.0. The Morgan fingerprint density at radius 1 is 1.00 bits per heavy atom. The molecule has 10 heteroatoms. The van der Waals surface area contributed by atoms with Crippen LogP contribution in [0.2, 0.25) is 5.02 Å². The summed E-state index contributed by atoms with van der Waals surface area (Å²) in [7, 11) is -2.31. The molecule has 2 amide bonds. The summed E-state index contributed by atoms with van der Waals surface area (Å²) in [6.45, 7) is 3.71. The van der Waals surface area contributed by atoms with Gasteiger partial charge < -0.3 is 15.0 Å². The van der Waals surface area contributed by atoms with Crippen LogP contribution in [-0.2, 0) is 32.6 Å². The van der Waals surface area contributed by atoms with Crippen molar-refractivity contribution in [2.75, 3.05) is 30.8 Å². The summed E-state index contributed by atoms with van der Waals surface area (Å²) in [5.41, 5.74) is 2.56. The number of nitrogens with one attached hydrogen (secondary N) is 1. The highest BCUT2D eigenvalue weighted by molar-refractivity contribution is 7.92. The van der Waals surface area contributed by atoms with Crippen LogP contribution >= 0.6 is 11.6 Å². The summed E-state index contributed by atoms with van der Waals surface area (Å²) in [4.78, 5) is 29.1. The number of amides is 2. The summed E-state index contributed by atoms with van der Waals surface area (Å²) in [5.74, 6) is -0.222. The maximum absolute atomic E-state index is 14.1. The van der Waals surface area contributed by atoms with E-state index in [1.807, 2.05) is 43.3 Å². The molecule has 1 N–H and O–H groups in total. The molecule has 0 fully saturated rings. The van der Waals surface area contributed by atoms with Gasteiger partial charge in [0.1, 0.15) is 18.3 Å². The summed E-state index contributed by atoms with van der Waals surface area (Å²) >= 11 is 6.10. The first-order valence-corrected chi connectivity index (χ1v) is 15.2. The molecule has 1 atom stereocenters. The molecule has 0 aromatic heterocycles. The van der Waals surface area contributed by atoms with Crippen LogP contribution in [0.25, 0.3) is 0 Å². The molecule has 8 nitrogen and oxygen atoms in total. The number of carbonyl (C=O) groups is 2. The average Bonchev–Trinajstić information content (AvgIpc) is 2.92. The lowest BCUT2D eigenvalue weighted by molar-refractivity contribution is -0.140. The van der Waals surface area contributed by atoms with Crippen LogP contribution < -0.4 is 14.4 Å². The Kier molecular flexibility index (Phi) is 11.0. The number of hydrogen-bond acceptors (Lipinski definition) is 5. The summed E-state index contributed by atoms with van der Waals surface area (Å²) < 4.78 is 32.3. The van der Waals surface area contributed by atoms with Gasteiger partial charge in [-0.15, -0.1) is 0 Å². The number of rotatable bonds is 13. The van der Waals surface area contributed by atoms with Gasteiger partial charge in [-0.1, -0.05) is 61.0 Å². The molecule has 0 heterocycles. The number of ether oxygens (including phenoxy) is 1. The minimum absolute atomic E-state index is 0.0737. The molecule has 40 heavy (non-hydrogen) atoms. The van der Waals surface area contributed by atoms with E-state index in [2.05, 4.69) is 5.32 Å². The number of hydrogen-bond donors (Lipinski definition) is 1. The molecule has 0 unspecified atom stereocenters. The van der Waals surface area contributed by atoms with Gasteiger partial charge in [0.25, 0.3) is 0 Å². The van der Waals surface area contributed by atoms with Crippen molar-refractivity contribution >= 4 is 39.1 Å². The standard InChI is InChI=1S/C30H36ClN3O5S/c1-5-16-32-30(36)28(19-23-10-7-6-8-11-23)33(20-24-12-9-13-26(18-24)39-3)29(35)21-34(40(4,37)38)27-15-14-25(31)17-22(27)2/h6-15,17-18,28H,5,16,19-21H2,1-4H3,(H,32,36)/t28-/m1/s1. The number of carbonyl (C=O) groups excluding carboxylic acids is 2. The highest BCUT2D eigenvalue weighted by Gasteiger charge is 2.33. The van der Waals surface area contributed by atoms with Gasteiger partial charge in [0, 0.05) is 24.5 Å². The van der Waals surface area contributed by atoms with Crippen LogP contribution in [0.3, 0.4) is 0 Å². The van der Waals surface area contributed by atoms with Crippen molar-refractivity contribution in [1.29, 1.82) is 0 Å². The number of halogens is 1. The van der Waals surface area contributed by atoms with E-state index in [9.17, 15) is 18.0 Å². The predicted octanol–water partition coefficient (Wildman–Crippen LogP) is 4.59. The molecule has 3 aromatic rings. The first kappa shape index (κ1) is 31.0. The van der Waals surface area contributed by atoms with E-state index in [1.165, 1.54) is 4.90 Å². The SMILES string of the molecule is CCCNC(=O)[C@@H](Cc1ccccc1)N(Cc1cccc(OC)c1)C(=O)CN(c1ccc(Cl)cc1C)S(C)(=O)=O. The Morgan fingerprint density at radius 3 is 2.33 bits per heavy atom. The van der Waals surface area contributed by atoms with Crippen LogP contribution in [0, 0.1) is 6.92 Å². The third-order valence-corrected chi connectivity index (χ3v) is 7.78. The maximum atomic E-state index is 14.1. The van der Waals surface area contributed by atoms with E-state index >= 15 is 0 Å². The molecule has 0 aliphatic rings. The molecule has 0 saturated heterocycles. The van der Waals surface area contributed by atoms with E-state index in [-0.39, 0.29) is 18.9 Å². The largest absolute Gasteiger partial charge is 0.497 e. The number of benzene rings is 3. The molecular weight excluding hydrogens is 550 g/mol. The van der Waals surface area contributed by atoms with Crippen molar-refractivity contribution < 1.29 is 22.7 Å². The normalized spacial score (nSPS) is 11.9. The maximum Gasteiger partial charge on any atom is 0.244 e. The molecule has 3 rings (SSSR count). The molecule has 3 aromatic carbocycles. The highest BCUT2D eigenvalue weighted by Crippen LogP contribution is 2.26. The third kappa shape index (κ3) is 8.47. The first-order valence-electron chi connectivity index (χ1n) is 13.0. The lowest BCUT2D eigenvalue weighted by Gasteiger charge is -2.34. The van der Waals surface area contributed by atoms with Gasteiger partial charge in [-0.2, -0.15) is 0 Å². The number of nitrogens with zero attached hydrogens (tertiary/aromatic N) is 2. The van der Waals surface area contributed by atoms with Gasteiger partial charge in [-0.3, -0.25) is 13.9 Å². The smallest absolute Gasteiger partial charge is 0.244 e. The van der Waals surface area contributed by atoms with Crippen LogP contribution in [0.4, 0.5) is 5.69 Å². The summed E-state index contributed by atoms with van der Waals surface area (Å²) in [6, 6.07) is 20.6. The zero-order chi connectivity index (χ0) is 29.3. The molecule has 0 bridgehead atoms. The van der Waals surface area contributed by atoms with Gasteiger partial charge in [0.2, 0.25) is 21.8 Å². The second-order valence-corrected chi connectivity index (χ2v) is 11.9. The zero-order valence-corrected chi connectivity index (χ0v) is 24.8. The zero-order valence-electron chi connectivity index (χ0n) is 23.3.